The highest BCUT2D eigenvalue weighted by atomic mass is 32.2. The maximum Gasteiger partial charge on any atom is 0.0712 e. The molecule has 2 heteroatoms. The summed E-state index contributed by atoms with van der Waals surface area (Å²) in [6.45, 7) is 0. The summed E-state index contributed by atoms with van der Waals surface area (Å²) < 4.78 is 1.92. The van der Waals surface area contributed by atoms with Crippen LogP contribution in [0.1, 0.15) is 0 Å². The van der Waals surface area contributed by atoms with Gasteiger partial charge in [-0.25, -0.2) is 0 Å². The molecule has 0 bridgehead atoms. The number of hydrogen-bond donors (Lipinski definition) is 0. The minimum absolute atomic E-state index is 1.63. The van der Waals surface area contributed by atoms with Crippen LogP contribution in [0.5, 0.6) is 0 Å². The van der Waals surface area contributed by atoms with Crippen molar-refractivity contribution in [3.8, 4) is 0 Å². The van der Waals surface area contributed by atoms with E-state index in [2.05, 4.69) is 6.20 Å². The van der Waals surface area contributed by atoms with Crippen molar-refractivity contribution < 1.29 is 0 Å². The molecular formula is C5H6NS. The van der Waals surface area contributed by atoms with Crippen LogP contribution in [-0.4, -0.2) is 11.4 Å². The quantitative estimate of drug-likeness (QED) is 0.436. The zero-order chi connectivity index (χ0) is 5.11. The average Bonchev–Trinajstić information content (AvgIpc) is 1.69. The van der Waals surface area contributed by atoms with Crippen LogP contribution in [0.15, 0.2) is 17.6 Å². The fraction of sp³-hybridized carbons (Fsp3) is 0.200. The summed E-state index contributed by atoms with van der Waals surface area (Å²) in [5.41, 5.74) is 0. The molecule has 0 amide bonds. The molecule has 1 nitrogen and oxygen atoms in total. The summed E-state index contributed by atoms with van der Waals surface area (Å²) in [4.78, 5) is 0. The second-order valence-electron chi connectivity index (χ2n) is 1.23. The molecule has 0 saturated heterocycles. The van der Waals surface area contributed by atoms with Crippen LogP contribution in [0.4, 0.5) is 0 Å². The van der Waals surface area contributed by atoms with E-state index in [1.807, 2.05) is 28.9 Å². The third-order valence-electron chi connectivity index (χ3n) is 0.650. The lowest BCUT2D eigenvalue weighted by Gasteiger charge is -2.08. The van der Waals surface area contributed by atoms with E-state index < -0.39 is 0 Å². The summed E-state index contributed by atoms with van der Waals surface area (Å²) in [5, 5.41) is 2.01. The molecule has 0 aliphatic carbocycles. The molecular weight excluding hydrogens is 106 g/mol. The first-order valence-electron chi connectivity index (χ1n) is 2.04. The van der Waals surface area contributed by atoms with Gasteiger partial charge in [0, 0.05) is 7.05 Å². The Morgan fingerprint density at radius 1 is 1.71 bits per heavy atom. The topological polar surface area (TPSA) is 3.24 Å². The molecule has 0 aromatic carbocycles. The Labute approximate surface area is 47.8 Å². The number of allylic oxidation sites excluding steroid dienone is 2. The highest BCUT2D eigenvalue weighted by Crippen LogP contribution is 2.11. The Kier molecular flexibility index (Phi) is 1.42. The van der Waals surface area contributed by atoms with E-state index in [1.54, 1.807) is 11.9 Å². The lowest BCUT2D eigenvalue weighted by Crippen LogP contribution is -1.98. The van der Waals surface area contributed by atoms with Crippen LogP contribution in [0.3, 0.4) is 0 Å². The van der Waals surface area contributed by atoms with Crippen molar-refractivity contribution in [1.82, 2.24) is 4.31 Å². The lowest BCUT2D eigenvalue weighted by atomic mass is 10.6. The first-order valence-corrected chi connectivity index (χ1v) is 2.88. The maximum absolute atomic E-state index is 2.97. The molecule has 7 heavy (non-hydrogen) atoms. The monoisotopic (exact) mass is 112 g/mol. The summed E-state index contributed by atoms with van der Waals surface area (Å²) in [5.74, 6) is 0. The maximum atomic E-state index is 2.97. The van der Waals surface area contributed by atoms with Gasteiger partial charge in [0.05, 0.1) is 6.20 Å². The first-order chi connectivity index (χ1) is 3.39. The number of rotatable bonds is 0. The Morgan fingerprint density at radius 2 is 2.57 bits per heavy atom. The van der Waals surface area contributed by atoms with Crippen molar-refractivity contribution in [3.05, 3.63) is 23.8 Å². The van der Waals surface area contributed by atoms with Gasteiger partial charge >= 0.3 is 0 Å². The van der Waals surface area contributed by atoms with Crippen molar-refractivity contribution in [2.75, 3.05) is 7.05 Å². The Morgan fingerprint density at radius 3 is 2.86 bits per heavy atom. The molecule has 37 valence electrons. The standard InChI is InChI=1S/C5H6NS/c1-6-4-2-3-5-7-6/h2-3,5H,1H3. The van der Waals surface area contributed by atoms with E-state index in [0.29, 0.717) is 0 Å². The van der Waals surface area contributed by atoms with Crippen LogP contribution in [0.25, 0.3) is 0 Å². The van der Waals surface area contributed by atoms with Gasteiger partial charge in [-0.1, -0.05) is 6.08 Å². The number of nitrogens with zero attached hydrogens (tertiary/aromatic N) is 1. The fourth-order valence-corrected chi connectivity index (χ4v) is 0.797. The molecule has 0 aromatic rings. The van der Waals surface area contributed by atoms with E-state index in [0.717, 1.165) is 0 Å². The Hall–Kier alpha value is -0.370. The van der Waals surface area contributed by atoms with Crippen molar-refractivity contribution in [1.29, 1.82) is 0 Å². The zero-order valence-corrected chi connectivity index (χ0v) is 4.90. The summed E-state index contributed by atoms with van der Waals surface area (Å²) in [6.07, 6.45) is 6.81. The molecule has 0 fully saturated rings. The average molecular weight is 112 g/mol. The molecule has 0 N–H and O–H groups in total. The van der Waals surface area contributed by atoms with Crippen molar-refractivity contribution in [2.45, 2.75) is 0 Å². The van der Waals surface area contributed by atoms with Gasteiger partial charge in [0.25, 0.3) is 0 Å². The van der Waals surface area contributed by atoms with Gasteiger partial charge in [0.15, 0.2) is 0 Å². The fourth-order valence-electron chi connectivity index (χ4n) is 0.344. The van der Waals surface area contributed by atoms with Gasteiger partial charge in [0.2, 0.25) is 0 Å². The Bertz CT molecular complexity index is 107. The van der Waals surface area contributed by atoms with Gasteiger partial charge in [-0.2, -0.15) is 0 Å². The molecule has 1 rings (SSSR count). The molecule has 0 spiro atoms. The minimum Gasteiger partial charge on any atom is -0.314 e. The SMILES string of the molecule is CN1[C]=CC=CS1. The third-order valence-corrected chi connectivity index (χ3v) is 1.35. The minimum atomic E-state index is 1.63. The van der Waals surface area contributed by atoms with Crippen LogP contribution in [0, 0.1) is 6.20 Å². The van der Waals surface area contributed by atoms with Crippen LogP contribution < -0.4 is 0 Å². The van der Waals surface area contributed by atoms with Gasteiger partial charge in [-0.15, -0.1) is 0 Å². The highest BCUT2D eigenvalue weighted by molar-refractivity contribution is 7.99. The summed E-state index contributed by atoms with van der Waals surface area (Å²) >= 11 is 1.63. The molecule has 0 aromatic heterocycles. The summed E-state index contributed by atoms with van der Waals surface area (Å²) in [7, 11) is 1.96. The van der Waals surface area contributed by atoms with Crippen LogP contribution >= 0.6 is 11.9 Å². The second kappa shape index (κ2) is 2.07. The predicted molar refractivity (Wildman–Crippen MR) is 32.3 cm³/mol. The van der Waals surface area contributed by atoms with E-state index >= 15 is 0 Å². The van der Waals surface area contributed by atoms with E-state index in [9.17, 15) is 0 Å². The van der Waals surface area contributed by atoms with Gasteiger partial charge in [-0.05, 0) is 23.4 Å². The van der Waals surface area contributed by atoms with Crippen molar-refractivity contribution >= 4 is 11.9 Å². The van der Waals surface area contributed by atoms with Gasteiger partial charge in [0.1, 0.15) is 0 Å². The van der Waals surface area contributed by atoms with Crippen LogP contribution in [-0.2, 0) is 0 Å². The predicted octanol–water partition coefficient (Wildman–Crippen LogP) is 1.41. The largest absolute Gasteiger partial charge is 0.314 e. The zero-order valence-electron chi connectivity index (χ0n) is 4.09. The molecule has 0 unspecified atom stereocenters. The molecule has 1 aliphatic rings. The highest BCUT2D eigenvalue weighted by Gasteiger charge is 1.88. The third kappa shape index (κ3) is 1.27. The van der Waals surface area contributed by atoms with E-state index in [4.69, 9.17) is 0 Å². The smallest absolute Gasteiger partial charge is 0.0712 e. The van der Waals surface area contributed by atoms with Gasteiger partial charge < -0.3 is 4.31 Å². The van der Waals surface area contributed by atoms with Crippen LogP contribution in [0.2, 0.25) is 0 Å². The number of hydrogen-bond acceptors (Lipinski definition) is 2. The lowest BCUT2D eigenvalue weighted by molar-refractivity contribution is 0.746. The molecule has 0 atom stereocenters. The van der Waals surface area contributed by atoms with Crippen molar-refractivity contribution in [2.24, 2.45) is 0 Å². The van der Waals surface area contributed by atoms with E-state index in [-0.39, 0.29) is 0 Å². The first kappa shape index (κ1) is 4.78. The second-order valence-corrected chi connectivity index (χ2v) is 2.26. The summed E-state index contributed by atoms with van der Waals surface area (Å²) in [6, 6.07) is 0. The molecule has 1 heterocycles. The molecule has 0 saturated carbocycles. The van der Waals surface area contributed by atoms with Gasteiger partial charge in [-0.3, -0.25) is 0 Å². The van der Waals surface area contributed by atoms with Crippen molar-refractivity contribution in [3.63, 3.8) is 0 Å². The normalized spacial score (nSPS) is 18.1. The Balaban J connectivity index is 2.49. The molecule has 1 aliphatic heterocycles. The molecule has 1 radical (unpaired) electrons. The van der Waals surface area contributed by atoms with E-state index in [1.165, 1.54) is 0 Å².